The fraction of sp³-hybridized carbons (Fsp3) is 0.556. The molecule has 0 spiro atoms. The van der Waals surface area contributed by atoms with Crippen molar-refractivity contribution in [3.63, 3.8) is 0 Å². The molecule has 78 valence electrons. The molecule has 0 unspecified atom stereocenters. The Bertz CT molecular complexity index is 458. The lowest BCUT2D eigenvalue weighted by Gasteiger charge is -2.27. The van der Waals surface area contributed by atoms with Gasteiger partial charge in [-0.05, 0) is 19.3 Å². The average Bonchev–Trinajstić information content (AvgIpc) is 2.78. The van der Waals surface area contributed by atoms with Gasteiger partial charge in [-0.15, -0.1) is 5.10 Å². The van der Waals surface area contributed by atoms with Crippen LogP contribution in [0.1, 0.15) is 19.3 Å². The van der Waals surface area contributed by atoms with Gasteiger partial charge in [-0.25, -0.2) is 9.97 Å². The Morgan fingerprint density at radius 2 is 1.93 bits per heavy atom. The summed E-state index contributed by atoms with van der Waals surface area (Å²) in [6, 6.07) is 0. The van der Waals surface area contributed by atoms with Crippen molar-refractivity contribution in [2.24, 2.45) is 0 Å². The SMILES string of the molecule is c1nc(N2CCCCC2)c2n[nH]nc2n1. The van der Waals surface area contributed by atoms with E-state index in [0.29, 0.717) is 5.65 Å². The minimum Gasteiger partial charge on any atom is -0.355 e. The number of aromatic nitrogens is 5. The van der Waals surface area contributed by atoms with Crippen LogP contribution in [0.3, 0.4) is 0 Å². The number of hydrogen-bond acceptors (Lipinski definition) is 5. The lowest BCUT2D eigenvalue weighted by atomic mass is 10.1. The van der Waals surface area contributed by atoms with Gasteiger partial charge in [0, 0.05) is 13.1 Å². The van der Waals surface area contributed by atoms with E-state index in [1.54, 1.807) is 6.33 Å². The summed E-state index contributed by atoms with van der Waals surface area (Å²) in [7, 11) is 0. The first-order valence-corrected chi connectivity index (χ1v) is 5.21. The maximum absolute atomic E-state index is 4.30. The molecule has 3 heterocycles. The summed E-state index contributed by atoms with van der Waals surface area (Å²) in [4.78, 5) is 10.6. The summed E-state index contributed by atoms with van der Waals surface area (Å²) in [5.74, 6) is 0.911. The van der Waals surface area contributed by atoms with Gasteiger partial charge in [-0.1, -0.05) is 0 Å². The molecule has 6 heteroatoms. The maximum atomic E-state index is 4.30. The van der Waals surface area contributed by atoms with Crippen molar-refractivity contribution in [1.82, 2.24) is 25.4 Å². The highest BCUT2D eigenvalue weighted by Gasteiger charge is 2.16. The van der Waals surface area contributed by atoms with Gasteiger partial charge in [0.25, 0.3) is 0 Å². The third-order valence-corrected chi connectivity index (χ3v) is 2.76. The molecule has 0 saturated carbocycles. The van der Waals surface area contributed by atoms with E-state index in [1.165, 1.54) is 19.3 Å². The lowest BCUT2D eigenvalue weighted by molar-refractivity contribution is 0.574. The van der Waals surface area contributed by atoms with Crippen LogP contribution in [0.2, 0.25) is 0 Å². The summed E-state index contributed by atoms with van der Waals surface area (Å²) in [5, 5.41) is 10.6. The van der Waals surface area contributed by atoms with Gasteiger partial charge in [0.15, 0.2) is 11.3 Å². The fourth-order valence-electron chi connectivity index (χ4n) is 2.00. The van der Waals surface area contributed by atoms with Crippen LogP contribution in [-0.4, -0.2) is 38.5 Å². The third-order valence-electron chi connectivity index (χ3n) is 2.76. The fourth-order valence-corrected chi connectivity index (χ4v) is 2.00. The second kappa shape index (κ2) is 3.45. The van der Waals surface area contributed by atoms with Gasteiger partial charge < -0.3 is 4.90 Å². The van der Waals surface area contributed by atoms with E-state index in [-0.39, 0.29) is 0 Å². The van der Waals surface area contributed by atoms with Crippen molar-refractivity contribution in [3.8, 4) is 0 Å². The summed E-state index contributed by atoms with van der Waals surface area (Å²) in [6.45, 7) is 2.11. The molecular weight excluding hydrogens is 192 g/mol. The summed E-state index contributed by atoms with van der Waals surface area (Å²) in [6.07, 6.45) is 5.31. The minimum absolute atomic E-state index is 0.644. The zero-order chi connectivity index (χ0) is 10.1. The van der Waals surface area contributed by atoms with Crippen LogP contribution in [0.15, 0.2) is 6.33 Å². The molecule has 1 aliphatic rings. The average molecular weight is 204 g/mol. The molecule has 1 N–H and O–H groups in total. The Kier molecular flexibility index (Phi) is 1.97. The largest absolute Gasteiger partial charge is 0.355 e. The van der Waals surface area contributed by atoms with E-state index < -0.39 is 0 Å². The van der Waals surface area contributed by atoms with Crippen molar-refractivity contribution in [2.75, 3.05) is 18.0 Å². The normalized spacial score (nSPS) is 17.2. The lowest BCUT2D eigenvalue weighted by Crippen LogP contribution is -2.30. The molecule has 0 amide bonds. The molecule has 0 aliphatic carbocycles. The number of aromatic amines is 1. The molecule has 15 heavy (non-hydrogen) atoms. The minimum atomic E-state index is 0.644. The van der Waals surface area contributed by atoms with Crippen LogP contribution in [0, 0.1) is 0 Å². The third kappa shape index (κ3) is 1.42. The number of nitrogens with zero attached hydrogens (tertiary/aromatic N) is 5. The molecule has 0 bridgehead atoms. The predicted octanol–water partition coefficient (Wildman–Crippen LogP) is 0.738. The van der Waals surface area contributed by atoms with E-state index in [4.69, 9.17) is 0 Å². The number of anilines is 1. The quantitative estimate of drug-likeness (QED) is 0.741. The van der Waals surface area contributed by atoms with Crippen LogP contribution in [0.5, 0.6) is 0 Å². The molecule has 2 aromatic rings. The number of hydrogen-bond donors (Lipinski definition) is 1. The van der Waals surface area contributed by atoms with Gasteiger partial charge in [-0.3, -0.25) is 0 Å². The Labute approximate surface area is 86.7 Å². The Hall–Kier alpha value is -1.72. The molecule has 1 saturated heterocycles. The molecule has 0 atom stereocenters. The Morgan fingerprint density at radius 3 is 2.80 bits per heavy atom. The van der Waals surface area contributed by atoms with Crippen molar-refractivity contribution >= 4 is 17.0 Å². The van der Waals surface area contributed by atoms with Crippen LogP contribution in [0.4, 0.5) is 5.82 Å². The van der Waals surface area contributed by atoms with Crippen molar-refractivity contribution in [3.05, 3.63) is 6.33 Å². The first kappa shape index (κ1) is 8.58. The first-order valence-electron chi connectivity index (χ1n) is 5.21. The second-order valence-corrected chi connectivity index (χ2v) is 3.74. The highest BCUT2D eigenvalue weighted by molar-refractivity contribution is 5.81. The van der Waals surface area contributed by atoms with E-state index in [2.05, 4.69) is 30.3 Å². The molecular formula is C9H12N6. The molecule has 1 fully saturated rings. The van der Waals surface area contributed by atoms with Gasteiger partial charge in [0.2, 0.25) is 5.65 Å². The number of fused-ring (bicyclic) bond motifs is 1. The highest BCUT2D eigenvalue weighted by atomic mass is 15.4. The van der Waals surface area contributed by atoms with E-state index in [9.17, 15) is 0 Å². The van der Waals surface area contributed by atoms with Crippen molar-refractivity contribution < 1.29 is 0 Å². The molecule has 0 radical (unpaired) electrons. The molecule has 0 aromatic carbocycles. The van der Waals surface area contributed by atoms with Crippen molar-refractivity contribution in [2.45, 2.75) is 19.3 Å². The predicted molar refractivity (Wildman–Crippen MR) is 55.5 cm³/mol. The van der Waals surface area contributed by atoms with Crippen LogP contribution in [0.25, 0.3) is 11.2 Å². The van der Waals surface area contributed by atoms with Gasteiger partial charge in [0.1, 0.15) is 6.33 Å². The Balaban J connectivity index is 2.05. The van der Waals surface area contributed by atoms with Crippen molar-refractivity contribution in [1.29, 1.82) is 0 Å². The van der Waals surface area contributed by atoms with Crippen LogP contribution in [-0.2, 0) is 0 Å². The number of rotatable bonds is 1. The van der Waals surface area contributed by atoms with E-state index in [1.807, 2.05) is 0 Å². The maximum Gasteiger partial charge on any atom is 0.206 e. The van der Waals surface area contributed by atoms with E-state index >= 15 is 0 Å². The molecule has 6 nitrogen and oxygen atoms in total. The summed E-state index contributed by atoms with van der Waals surface area (Å²) >= 11 is 0. The van der Waals surface area contributed by atoms with E-state index in [0.717, 1.165) is 24.4 Å². The summed E-state index contributed by atoms with van der Waals surface area (Å²) < 4.78 is 0. The number of piperidine rings is 1. The van der Waals surface area contributed by atoms with Gasteiger partial charge in [0.05, 0.1) is 0 Å². The highest BCUT2D eigenvalue weighted by Crippen LogP contribution is 2.22. The number of H-pyrrole nitrogens is 1. The van der Waals surface area contributed by atoms with Crippen LogP contribution < -0.4 is 4.90 Å². The summed E-state index contributed by atoms with van der Waals surface area (Å²) in [5.41, 5.74) is 1.42. The smallest absolute Gasteiger partial charge is 0.206 e. The standard InChI is InChI=1S/C9H12N6/c1-2-4-15(5-3-1)9-7-8(10-6-11-9)13-14-12-7/h6H,1-5H2,(H,10,11,12,13,14). The topological polar surface area (TPSA) is 70.6 Å². The number of nitrogens with one attached hydrogen (secondary N) is 1. The van der Waals surface area contributed by atoms with Crippen LogP contribution >= 0.6 is 0 Å². The Morgan fingerprint density at radius 1 is 1.07 bits per heavy atom. The molecule has 1 aliphatic heterocycles. The molecule has 2 aromatic heterocycles. The first-order chi connectivity index (χ1) is 7.45. The monoisotopic (exact) mass is 204 g/mol. The zero-order valence-electron chi connectivity index (χ0n) is 8.35. The molecule has 3 rings (SSSR count). The zero-order valence-corrected chi connectivity index (χ0v) is 8.35. The van der Waals surface area contributed by atoms with Gasteiger partial charge >= 0.3 is 0 Å². The van der Waals surface area contributed by atoms with Gasteiger partial charge in [-0.2, -0.15) is 10.3 Å². The second-order valence-electron chi connectivity index (χ2n) is 3.74.